The number of anilines is 1. The number of carbonyl (C=O) groups excluding carboxylic acids is 1. The van der Waals surface area contributed by atoms with Crippen LogP contribution in [0, 0.1) is 11.3 Å². The van der Waals surface area contributed by atoms with Crippen LogP contribution in [0.3, 0.4) is 0 Å². The molecule has 0 aliphatic heterocycles. The van der Waals surface area contributed by atoms with Crippen LogP contribution in [0.15, 0.2) is 67.0 Å². The molecule has 3 aromatic heterocycles. The van der Waals surface area contributed by atoms with Crippen molar-refractivity contribution in [3.05, 3.63) is 78.1 Å². The summed E-state index contributed by atoms with van der Waals surface area (Å²) in [5.74, 6) is 0.380. The fraction of sp³-hybridized carbons (Fsp3) is 0.0455. The van der Waals surface area contributed by atoms with Gasteiger partial charge < -0.3 is 10.1 Å². The molecular weight excluding hydrogens is 366 g/mol. The highest BCUT2D eigenvalue weighted by Gasteiger charge is 2.13. The molecule has 0 unspecified atom stereocenters. The Morgan fingerprint density at radius 3 is 2.62 bits per heavy atom. The van der Waals surface area contributed by atoms with Crippen LogP contribution in [0.5, 0.6) is 5.75 Å². The Kier molecular flexibility index (Phi) is 4.82. The molecule has 0 saturated carbocycles. The molecule has 1 amide bonds. The zero-order chi connectivity index (χ0) is 20.2. The molecule has 7 heteroatoms. The summed E-state index contributed by atoms with van der Waals surface area (Å²) in [6, 6.07) is 18.1. The molecular formula is C22H15N5O2. The number of pyridine rings is 3. The van der Waals surface area contributed by atoms with Crippen LogP contribution in [0.25, 0.3) is 22.3 Å². The van der Waals surface area contributed by atoms with Gasteiger partial charge in [-0.05, 0) is 42.5 Å². The van der Waals surface area contributed by atoms with E-state index in [1.807, 2.05) is 24.3 Å². The second kappa shape index (κ2) is 7.74. The Morgan fingerprint density at radius 1 is 1.10 bits per heavy atom. The standard InChI is InChI=1S/C22H15N5O2/c1-29-19-11-16-3-2-10-24-20(16)26-21(19)27-22(28)17-8-9-18(25-13-17)15-6-4-14(12-23)5-7-15/h2-11,13H,1H3,(H,24,26,27,28). The average Bonchev–Trinajstić information content (AvgIpc) is 2.78. The van der Waals surface area contributed by atoms with Crippen LogP contribution >= 0.6 is 0 Å². The van der Waals surface area contributed by atoms with Crippen LogP contribution < -0.4 is 10.1 Å². The van der Waals surface area contributed by atoms with E-state index < -0.39 is 0 Å². The summed E-state index contributed by atoms with van der Waals surface area (Å²) in [5.41, 5.74) is 3.04. The Labute approximate surface area is 166 Å². The van der Waals surface area contributed by atoms with E-state index in [-0.39, 0.29) is 5.91 Å². The third kappa shape index (κ3) is 3.73. The van der Waals surface area contributed by atoms with E-state index in [1.54, 1.807) is 36.5 Å². The van der Waals surface area contributed by atoms with Crippen molar-refractivity contribution in [2.45, 2.75) is 0 Å². The largest absolute Gasteiger partial charge is 0.493 e. The zero-order valence-electron chi connectivity index (χ0n) is 15.5. The van der Waals surface area contributed by atoms with E-state index in [2.05, 4.69) is 26.3 Å². The minimum Gasteiger partial charge on any atom is -0.493 e. The first-order valence-corrected chi connectivity index (χ1v) is 8.75. The first-order chi connectivity index (χ1) is 14.2. The van der Waals surface area contributed by atoms with Crippen molar-refractivity contribution in [2.24, 2.45) is 0 Å². The summed E-state index contributed by atoms with van der Waals surface area (Å²) in [6.07, 6.45) is 3.13. The third-order valence-corrected chi connectivity index (χ3v) is 4.34. The van der Waals surface area contributed by atoms with Gasteiger partial charge in [0.25, 0.3) is 5.91 Å². The smallest absolute Gasteiger partial charge is 0.258 e. The number of ether oxygens (including phenoxy) is 1. The summed E-state index contributed by atoms with van der Waals surface area (Å²) in [7, 11) is 1.52. The summed E-state index contributed by atoms with van der Waals surface area (Å²) >= 11 is 0. The predicted octanol–water partition coefficient (Wildman–Crippen LogP) is 3.82. The molecule has 0 fully saturated rings. The highest BCUT2D eigenvalue weighted by Crippen LogP contribution is 2.26. The highest BCUT2D eigenvalue weighted by atomic mass is 16.5. The van der Waals surface area contributed by atoms with E-state index in [1.165, 1.54) is 13.3 Å². The third-order valence-electron chi connectivity index (χ3n) is 4.34. The molecule has 0 spiro atoms. The lowest BCUT2D eigenvalue weighted by molar-refractivity contribution is 0.102. The van der Waals surface area contributed by atoms with Gasteiger partial charge in [0.1, 0.15) is 0 Å². The van der Waals surface area contributed by atoms with Gasteiger partial charge in [-0.3, -0.25) is 9.78 Å². The van der Waals surface area contributed by atoms with Gasteiger partial charge in [-0.2, -0.15) is 5.26 Å². The fourth-order valence-corrected chi connectivity index (χ4v) is 2.83. The molecule has 0 radical (unpaired) electrons. The van der Waals surface area contributed by atoms with Gasteiger partial charge in [-0.1, -0.05) is 12.1 Å². The molecule has 0 aliphatic rings. The number of nitriles is 1. The molecule has 4 aromatic rings. The zero-order valence-corrected chi connectivity index (χ0v) is 15.5. The van der Waals surface area contributed by atoms with Crippen molar-refractivity contribution >= 4 is 22.8 Å². The maximum absolute atomic E-state index is 12.6. The molecule has 7 nitrogen and oxygen atoms in total. The normalized spacial score (nSPS) is 10.3. The number of benzene rings is 1. The van der Waals surface area contributed by atoms with E-state index in [4.69, 9.17) is 10.00 Å². The number of aromatic nitrogens is 3. The van der Waals surface area contributed by atoms with Gasteiger partial charge >= 0.3 is 0 Å². The molecule has 0 atom stereocenters. The van der Waals surface area contributed by atoms with Crippen molar-refractivity contribution < 1.29 is 9.53 Å². The van der Waals surface area contributed by atoms with E-state index in [0.29, 0.717) is 34.0 Å². The maximum atomic E-state index is 12.6. The van der Waals surface area contributed by atoms with Crippen LogP contribution in [-0.4, -0.2) is 28.0 Å². The summed E-state index contributed by atoms with van der Waals surface area (Å²) in [5, 5.41) is 12.5. The first-order valence-electron chi connectivity index (χ1n) is 8.75. The van der Waals surface area contributed by atoms with Crippen molar-refractivity contribution in [1.82, 2.24) is 15.0 Å². The number of hydrogen-bond donors (Lipinski definition) is 1. The van der Waals surface area contributed by atoms with Gasteiger partial charge in [0.15, 0.2) is 17.2 Å². The predicted molar refractivity (Wildman–Crippen MR) is 108 cm³/mol. The molecule has 0 aliphatic carbocycles. The first kappa shape index (κ1) is 18.1. The fourth-order valence-electron chi connectivity index (χ4n) is 2.83. The quantitative estimate of drug-likeness (QED) is 0.577. The number of hydrogen-bond acceptors (Lipinski definition) is 6. The van der Waals surface area contributed by atoms with Crippen LogP contribution in [-0.2, 0) is 0 Å². The molecule has 140 valence electrons. The molecule has 1 N–H and O–H groups in total. The summed E-state index contributed by atoms with van der Waals surface area (Å²) < 4.78 is 5.34. The monoisotopic (exact) mass is 381 g/mol. The SMILES string of the molecule is COc1cc2cccnc2nc1NC(=O)c1ccc(-c2ccc(C#N)cc2)nc1. The minimum atomic E-state index is -0.357. The number of fused-ring (bicyclic) bond motifs is 1. The second-order valence-corrected chi connectivity index (χ2v) is 6.16. The Balaban J connectivity index is 1.57. The van der Waals surface area contributed by atoms with Crippen LogP contribution in [0.4, 0.5) is 5.82 Å². The van der Waals surface area contributed by atoms with Crippen molar-refractivity contribution in [2.75, 3.05) is 12.4 Å². The van der Waals surface area contributed by atoms with E-state index in [9.17, 15) is 4.79 Å². The van der Waals surface area contributed by atoms with Gasteiger partial charge in [0.05, 0.1) is 30.0 Å². The number of nitrogens with zero attached hydrogens (tertiary/aromatic N) is 4. The second-order valence-electron chi connectivity index (χ2n) is 6.16. The van der Waals surface area contributed by atoms with Gasteiger partial charge in [0, 0.05) is 23.3 Å². The van der Waals surface area contributed by atoms with Crippen molar-refractivity contribution in [3.8, 4) is 23.1 Å². The maximum Gasteiger partial charge on any atom is 0.258 e. The highest BCUT2D eigenvalue weighted by molar-refractivity contribution is 6.05. The lowest BCUT2D eigenvalue weighted by Gasteiger charge is -2.10. The topological polar surface area (TPSA) is 101 Å². The van der Waals surface area contributed by atoms with Gasteiger partial charge in [-0.15, -0.1) is 0 Å². The van der Waals surface area contributed by atoms with Crippen LogP contribution in [0.1, 0.15) is 15.9 Å². The molecule has 29 heavy (non-hydrogen) atoms. The van der Waals surface area contributed by atoms with Gasteiger partial charge in [-0.25, -0.2) is 9.97 Å². The van der Waals surface area contributed by atoms with Crippen molar-refractivity contribution in [3.63, 3.8) is 0 Å². The number of rotatable bonds is 4. The van der Waals surface area contributed by atoms with E-state index in [0.717, 1.165) is 10.9 Å². The molecule has 4 rings (SSSR count). The minimum absolute atomic E-state index is 0.292. The average molecular weight is 381 g/mol. The summed E-state index contributed by atoms with van der Waals surface area (Å²) in [4.78, 5) is 25.6. The van der Waals surface area contributed by atoms with E-state index >= 15 is 0 Å². The number of methoxy groups -OCH3 is 1. The molecule has 3 heterocycles. The van der Waals surface area contributed by atoms with Crippen molar-refractivity contribution in [1.29, 1.82) is 5.26 Å². The Morgan fingerprint density at radius 2 is 1.93 bits per heavy atom. The number of carbonyl (C=O) groups is 1. The Hall–Kier alpha value is -4.31. The number of amides is 1. The molecule has 0 bridgehead atoms. The van der Waals surface area contributed by atoms with Gasteiger partial charge in [0.2, 0.25) is 0 Å². The summed E-state index contributed by atoms with van der Waals surface area (Å²) in [6.45, 7) is 0. The molecule has 1 aromatic carbocycles. The number of nitrogens with one attached hydrogen (secondary N) is 1. The molecule has 0 saturated heterocycles. The lowest BCUT2D eigenvalue weighted by atomic mass is 10.1. The Bertz CT molecular complexity index is 1230. The van der Waals surface area contributed by atoms with Crippen LogP contribution in [0.2, 0.25) is 0 Å². The lowest BCUT2D eigenvalue weighted by Crippen LogP contribution is -2.14.